The maximum absolute atomic E-state index is 12.8. The number of carbonyl (C=O) groups excluding carboxylic acids is 3. The topological polar surface area (TPSA) is 78.9 Å². The summed E-state index contributed by atoms with van der Waals surface area (Å²) in [5, 5.41) is 0. The molecule has 0 spiro atoms. The van der Waals surface area contributed by atoms with Crippen molar-refractivity contribution in [2.75, 3.05) is 13.2 Å². The summed E-state index contributed by atoms with van der Waals surface area (Å²) >= 11 is 0. The van der Waals surface area contributed by atoms with Crippen LogP contribution in [0.4, 0.5) is 0 Å². The van der Waals surface area contributed by atoms with E-state index in [-0.39, 0.29) is 37.5 Å². The summed E-state index contributed by atoms with van der Waals surface area (Å²) < 4.78 is 16.7. The molecule has 1 unspecified atom stereocenters. The monoisotopic (exact) mass is 875 g/mol. The van der Waals surface area contributed by atoms with E-state index in [4.69, 9.17) is 14.2 Å². The lowest BCUT2D eigenvalue weighted by atomic mass is 10.1. The normalized spacial score (nSPS) is 12.9. The van der Waals surface area contributed by atoms with Gasteiger partial charge >= 0.3 is 17.9 Å². The molecule has 0 saturated carbocycles. The number of rotatable bonds is 45. The Morgan fingerprint density at radius 1 is 0.333 bits per heavy atom. The lowest BCUT2D eigenvalue weighted by molar-refractivity contribution is -0.167. The molecule has 0 aromatic carbocycles. The maximum Gasteiger partial charge on any atom is 0.306 e. The minimum absolute atomic E-state index is 0.105. The maximum atomic E-state index is 12.8. The van der Waals surface area contributed by atoms with Gasteiger partial charge in [0.15, 0.2) is 6.10 Å². The summed E-state index contributed by atoms with van der Waals surface area (Å²) in [5.74, 6) is -0.974. The Labute approximate surface area is 387 Å². The van der Waals surface area contributed by atoms with E-state index in [1.54, 1.807) is 0 Å². The highest BCUT2D eigenvalue weighted by molar-refractivity contribution is 5.71. The minimum atomic E-state index is -0.808. The third-order valence-electron chi connectivity index (χ3n) is 10.7. The third-order valence-corrected chi connectivity index (χ3v) is 10.7. The van der Waals surface area contributed by atoms with Crippen LogP contribution in [-0.4, -0.2) is 37.2 Å². The van der Waals surface area contributed by atoms with E-state index in [1.807, 2.05) is 60.8 Å². The van der Waals surface area contributed by atoms with Crippen LogP contribution < -0.4 is 0 Å². The van der Waals surface area contributed by atoms with Gasteiger partial charge in [-0.05, 0) is 83.5 Å². The van der Waals surface area contributed by atoms with Gasteiger partial charge in [0.2, 0.25) is 0 Å². The molecule has 0 aliphatic rings. The lowest BCUT2D eigenvalue weighted by Gasteiger charge is -2.18. The zero-order valence-electron chi connectivity index (χ0n) is 40.8. The van der Waals surface area contributed by atoms with Crippen molar-refractivity contribution in [1.29, 1.82) is 0 Å². The Morgan fingerprint density at radius 3 is 1.08 bits per heavy atom. The second-order valence-corrected chi connectivity index (χ2v) is 16.8. The molecule has 0 saturated heterocycles. The Balaban J connectivity index is 4.46. The second kappa shape index (κ2) is 51.0. The van der Waals surface area contributed by atoms with Crippen molar-refractivity contribution >= 4 is 17.9 Å². The zero-order chi connectivity index (χ0) is 45.8. The molecule has 0 rings (SSSR count). The molecule has 6 nitrogen and oxygen atoms in total. The van der Waals surface area contributed by atoms with Crippen LogP contribution in [0.5, 0.6) is 0 Å². The summed E-state index contributed by atoms with van der Waals surface area (Å²) in [7, 11) is 0. The van der Waals surface area contributed by atoms with Crippen molar-refractivity contribution in [3.05, 3.63) is 97.2 Å². The fourth-order valence-electron chi connectivity index (χ4n) is 6.80. The van der Waals surface area contributed by atoms with Crippen molar-refractivity contribution in [3.8, 4) is 0 Å². The molecule has 6 heteroatoms. The SMILES string of the molecule is CC\C=C/C=C\C=C/C=C\C=C\C=C/CCCCCC(=O)OC(COC(=O)CCCCCC/C=C\CCCC)COC(=O)CCCCCCC/C=C\CCCCCCCCCCC. The molecule has 0 aromatic heterocycles. The Kier molecular flexibility index (Phi) is 48.0. The average molecular weight is 875 g/mol. The van der Waals surface area contributed by atoms with Crippen LogP contribution in [0.1, 0.15) is 226 Å². The first-order valence-corrected chi connectivity index (χ1v) is 25.8. The second-order valence-electron chi connectivity index (χ2n) is 16.8. The highest BCUT2D eigenvalue weighted by Crippen LogP contribution is 2.14. The van der Waals surface area contributed by atoms with Gasteiger partial charge in [0, 0.05) is 19.3 Å². The number of hydrogen-bond donors (Lipinski definition) is 0. The fraction of sp³-hybridized carbons (Fsp3) is 0.667. The van der Waals surface area contributed by atoms with E-state index >= 15 is 0 Å². The number of unbranched alkanes of at least 4 members (excludes halogenated alkanes) is 23. The molecule has 63 heavy (non-hydrogen) atoms. The van der Waals surface area contributed by atoms with Gasteiger partial charge in [-0.1, -0.05) is 221 Å². The molecule has 0 N–H and O–H groups in total. The first-order chi connectivity index (χ1) is 31.0. The highest BCUT2D eigenvalue weighted by Gasteiger charge is 2.19. The van der Waals surface area contributed by atoms with E-state index in [9.17, 15) is 14.4 Å². The predicted molar refractivity (Wildman–Crippen MR) is 270 cm³/mol. The number of ether oxygens (including phenoxy) is 3. The Hall–Kier alpha value is -3.67. The smallest absolute Gasteiger partial charge is 0.306 e. The van der Waals surface area contributed by atoms with Crippen LogP contribution in [0, 0.1) is 0 Å². The first kappa shape index (κ1) is 59.3. The van der Waals surface area contributed by atoms with Gasteiger partial charge in [0.25, 0.3) is 0 Å². The van der Waals surface area contributed by atoms with Gasteiger partial charge in [-0.25, -0.2) is 0 Å². The molecule has 0 aromatic rings. The molecule has 358 valence electrons. The van der Waals surface area contributed by atoms with Crippen LogP contribution in [0.15, 0.2) is 97.2 Å². The number of esters is 3. The summed E-state index contributed by atoms with van der Waals surface area (Å²) in [6, 6.07) is 0. The van der Waals surface area contributed by atoms with Crippen molar-refractivity contribution in [2.24, 2.45) is 0 Å². The largest absolute Gasteiger partial charge is 0.462 e. The van der Waals surface area contributed by atoms with Gasteiger partial charge in [-0.3, -0.25) is 14.4 Å². The van der Waals surface area contributed by atoms with Crippen LogP contribution in [0.2, 0.25) is 0 Å². The molecule has 0 fully saturated rings. The van der Waals surface area contributed by atoms with Gasteiger partial charge < -0.3 is 14.2 Å². The van der Waals surface area contributed by atoms with Crippen molar-refractivity contribution in [3.63, 3.8) is 0 Å². The van der Waals surface area contributed by atoms with Crippen LogP contribution in [-0.2, 0) is 28.6 Å². The van der Waals surface area contributed by atoms with Crippen molar-refractivity contribution in [1.82, 2.24) is 0 Å². The minimum Gasteiger partial charge on any atom is -0.462 e. The fourth-order valence-corrected chi connectivity index (χ4v) is 6.80. The van der Waals surface area contributed by atoms with E-state index in [0.717, 1.165) is 96.3 Å². The summed E-state index contributed by atoms with van der Waals surface area (Å²) in [6.07, 6.45) is 66.8. The summed E-state index contributed by atoms with van der Waals surface area (Å²) in [4.78, 5) is 37.9. The highest BCUT2D eigenvalue weighted by atomic mass is 16.6. The summed E-state index contributed by atoms with van der Waals surface area (Å²) in [5.41, 5.74) is 0. The quantitative estimate of drug-likeness (QED) is 0.0199. The molecule has 0 amide bonds. The van der Waals surface area contributed by atoms with Crippen LogP contribution in [0.3, 0.4) is 0 Å². The van der Waals surface area contributed by atoms with Crippen molar-refractivity contribution in [2.45, 2.75) is 232 Å². The van der Waals surface area contributed by atoms with Crippen LogP contribution >= 0.6 is 0 Å². The molecule has 0 bridgehead atoms. The predicted octanol–water partition coefficient (Wildman–Crippen LogP) is 17.0. The summed E-state index contributed by atoms with van der Waals surface area (Å²) in [6.45, 7) is 6.39. The Morgan fingerprint density at radius 2 is 0.651 bits per heavy atom. The zero-order valence-corrected chi connectivity index (χ0v) is 40.8. The molecule has 0 heterocycles. The number of hydrogen-bond acceptors (Lipinski definition) is 6. The molecular formula is C57H94O6. The van der Waals surface area contributed by atoms with Gasteiger partial charge in [-0.2, -0.15) is 0 Å². The number of carbonyl (C=O) groups is 3. The van der Waals surface area contributed by atoms with E-state index in [0.29, 0.717) is 19.3 Å². The molecule has 1 atom stereocenters. The van der Waals surface area contributed by atoms with Gasteiger partial charge in [0.1, 0.15) is 13.2 Å². The molecular weight excluding hydrogens is 781 g/mol. The average Bonchev–Trinajstić information content (AvgIpc) is 3.28. The van der Waals surface area contributed by atoms with E-state index in [2.05, 4.69) is 57.2 Å². The molecule has 0 aliphatic heterocycles. The first-order valence-electron chi connectivity index (χ1n) is 25.8. The van der Waals surface area contributed by atoms with E-state index < -0.39 is 6.10 Å². The van der Waals surface area contributed by atoms with Gasteiger partial charge in [-0.15, -0.1) is 0 Å². The Bertz CT molecular complexity index is 1280. The molecule has 0 aliphatic carbocycles. The third kappa shape index (κ3) is 49.2. The lowest BCUT2D eigenvalue weighted by Crippen LogP contribution is -2.30. The van der Waals surface area contributed by atoms with Crippen LogP contribution in [0.25, 0.3) is 0 Å². The van der Waals surface area contributed by atoms with Gasteiger partial charge in [0.05, 0.1) is 0 Å². The standard InChI is InChI=1S/C57H94O6/c1-4-7-10-13-16-19-22-24-26-28-30-31-33-35-38-41-44-47-50-56(59)62-53-54(52-61-55(58)49-46-43-40-37-21-18-15-12-9-6-3)63-57(60)51-48-45-42-39-36-34-32-29-27-25-23-20-17-14-11-8-5-2/h8,11,14-15,17-18,20,23,25,27,29-32,34,36,54H,4-7,9-10,12-13,16,19,21-22,24,26,28,33,35,37-53H2,1-3H3/b11-8-,17-14-,18-15-,23-20-,27-25-,31-30-,32-29+,36-34-. The molecule has 0 radical (unpaired) electrons. The number of allylic oxidation sites excluding steroid dienone is 16. The van der Waals surface area contributed by atoms with E-state index in [1.165, 1.54) is 83.5 Å². The van der Waals surface area contributed by atoms with Crippen molar-refractivity contribution < 1.29 is 28.6 Å².